The number of pyridine rings is 1. The molecule has 2 aromatic rings. The smallest absolute Gasteiger partial charge is 0.256 e. The third-order valence-corrected chi connectivity index (χ3v) is 4.15. The summed E-state index contributed by atoms with van der Waals surface area (Å²) >= 11 is 0. The average molecular weight is 286 g/mol. The molecule has 1 aromatic carbocycles. The topological polar surface area (TPSA) is 82.2 Å². The molecule has 5 nitrogen and oxygen atoms in total. The van der Waals surface area contributed by atoms with Gasteiger partial charge in [0.2, 0.25) is 5.43 Å². The Labute approximate surface area is 122 Å². The fourth-order valence-corrected chi connectivity index (χ4v) is 2.89. The Kier molecular flexibility index (Phi) is 3.51. The fourth-order valence-electron chi connectivity index (χ4n) is 2.89. The first-order valence-corrected chi connectivity index (χ1v) is 7.20. The summed E-state index contributed by atoms with van der Waals surface area (Å²) in [5.74, 6) is -0.442. The Morgan fingerprint density at radius 1 is 1.29 bits per heavy atom. The van der Waals surface area contributed by atoms with Crippen LogP contribution >= 0.6 is 0 Å². The number of rotatable bonds is 3. The second-order valence-electron chi connectivity index (χ2n) is 5.69. The third kappa shape index (κ3) is 2.69. The van der Waals surface area contributed by atoms with Crippen LogP contribution in [0.5, 0.6) is 0 Å². The minimum absolute atomic E-state index is 0.0790. The highest BCUT2D eigenvalue weighted by Gasteiger charge is 2.31. The number of carbonyl (C=O) groups excluding carboxylic acids is 1. The summed E-state index contributed by atoms with van der Waals surface area (Å²) in [5, 5.41) is 13.4. The van der Waals surface area contributed by atoms with Gasteiger partial charge in [0.15, 0.2) is 0 Å². The zero-order chi connectivity index (χ0) is 14.9. The molecule has 0 spiro atoms. The van der Waals surface area contributed by atoms with E-state index in [1.807, 2.05) is 6.07 Å². The van der Waals surface area contributed by atoms with Gasteiger partial charge in [-0.1, -0.05) is 25.0 Å². The predicted molar refractivity (Wildman–Crippen MR) is 80.3 cm³/mol. The molecule has 0 bridgehead atoms. The molecular weight excluding hydrogens is 268 g/mol. The van der Waals surface area contributed by atoms with Gasteiger partial charge in [0.25, 0.3) is 5.91 Å². The van der Waals surface area contributed by atoms with Gasteiger partial charge < -0.3 is 15.4 Å². The highest BCUT2D eigenvalue weighted by Crippen LogP contribution is 2.28. The molecule has 1 aliphatic rings. The number of fused-ring (bicyclic) bond motifs is 1. The number of aromatic amines is 1. The summed E-state index contributed by atoms with van der Waals surface area (Å²) in [6.07, 6.45) is 4.77. The molecule has 0 aliphatic heterocycles. The largest absolute Gasteiger partial charge is 0.388 e. The Morgan fingerprint density at radius 3 is 2.76 bits per heavy atom. The van der Waals surface area contributed by atoms with E-state index in [1.165, 1.54) is 6.20 Å². The van der Waals surface area contributed by atoms with Gasteiger partial charge in [-0.05, 0) is 25.0 Å². The first-order valence-electron chi connectivity index (χ1n) is 7.20. The van der Waals surface area contributed by atoms with E-state index in [-0.39, 0.29) is 17.5 Å². The predicted octanol–water partition coefficient (Wildman–Crippen LogP) is 1.56. The lowest BCUT2D eigenvalue weighted by atomic mass is 10.0. The number of hydrogen-bond acceptors (Lipinski definition) is 3. The Bertz CT molecular complexity index is 730. The molecule has 1 aliphatic carbocycles. The molecule has 1 heterocycles. The molecule has 1 amide bonds. The second-order valence-corrected chi connectivity index (χ2v) is 5.69. The third-order valence-electron chi connectivity index (χ3n) is 4.15. The van der Waals surface area contributed by atoms with Crippen LogP contribution in [-0.4, -0.2) is 28.1 Å². The van der Waals surface area contributed by atoms with Crippen molar-refractivity contribution in [2.45, 2.75) is 31.3 Å². The van der Waals surface area contributed by atoms with Gasteiger partial charge in [-0.25, -0.2) is 0 Å². The van der Waals surface area contributed by atoms with Gasteiger partial charge in [-0.2, -0.15) is 0 Å². The van der Waals surface area contributed by atoms with Gasteiger partial charge in [0.05, 0.1) is 5.60 Å². The molecule has 3 N–H and O–H groups in total. The Morgan fingerprint density at radius 2 is 2.00 bits per heavy atom. The van der Waals surface area contributed by atoms with Crippen LogP contribution in [0.25, 0.3) is 10.9 Å². The van der Waals surface area contributed by atoms with Crippen molar-refractivity contribution in [2.75, 3.05) is 6.54 Å². The molecule has 1 saturated carbocycles. The monoisotopic (exact) mass is 286 g/mol. The summed E-state index contributed by atoms with van der Waals surface area (Å²) in [6.45, 7) is 0.193. The highest BCUT2D eigenvalue weighted by molar-refractivity contribution is 5.97. The zero-order valence-corrected chi connectivity index (χ0v) is 11.7. The van der Waals surface area contributed by atoms with Crippen LogP contribution in [0, 0.1) is 0 Å². The molecule has 1 fully saturated rings. The minimum Gasteiger partial charge on any atom is -0.388 e. The number of nitrogens with one attached hydrogen (secondary N) is 2. The summed E-state index contributed by atoms with van der Waals surface area (Å²) < 4.78 is 0. The van der Waals surface area contributed by atoms with Crippen molar-refractivity contribution in [3.63, 3.8) is 0 Å². The van der Waals surface area contributed by atoms with E-state index in [1.54, 1.807) is 18.2 Å². The van der Waals surface area contributed by atoms with E-state index in [9.17, 15) is 14.7 Å². The van der Waals surface area contributed by atoms with Crippen LogP contribution in [0.4, 0.5) is 0 Å². The van der Waals surface area contributed by atoms with Crippen molar-refractivity contribution >= 4 is 16.8 Å². The molecule has 21 heavy (non-hydrogen) atoms. The van der Waals surface area contributed by atoms with Crippen molar-refractivity contribution in [3.8, 4) is 0 Å². The lowest BCUT2D eigenvalue weighted by Gasteiger charge is -2.22. The molecular formula is C16H18N2O3. The zero-order valence-electron chi connectivity index (χ0n) is 11.7. The van der Waals surface area contributed by atoms with Gasteiger partial charge in [0.1, 0.15) is 5.56 Å². The van der Waals surface area contributed by atoms with Crippen LogP contribution in [-0.2, 0) is 0 Å². The normalized spacial score (nSPS) is 17.0. The molecule has 0 saturated heterocycles. The van der Waals surface area contributed by atoms with Crippen molar-refractivity contribution in [1.29, 1.82) is 0 Å². The van der Waals surface area contributed by atoms with Crippen molar-refractivity contribution in [1.82, 2.24) is 10.3 Å². The summed E-state index contributed by atoms with van der Waals surface area (Å²) in [6, 6.07) is 7.07. The molecule has 0 atom stereocenters. The molecule has 110 valence electrons. The number of hydrogen-bond donors (Lipinski definition) is 3. The van der Waals surface area contributed by atoms with E-state index >= 15 is 0 Å². The van der Waals surface area contributed by atoms with E-state index in [4.69, 9.17) is 0 Å². The summed E-state index contributed by atoms with van der Waals surface area (Å²) in [4.78, 5) is 27.4. The van der Waals surface area contributed by atoms with Crippen LogP contribution in [0.15, 0.2) is 35.3 Å². The first-order chi connectivity index (χ1) is 10.1. The van der Waals surface area contributed by atoms with Crippen LogP contribution in [0.1, 0.15) is 36.0 Å². The van der Waals surface area contributed by atoms with Crippen molar-refractivity contribution in [2.24, 2.45) is 0 Å². The molecule has 0 radical (unpaired) electrons. The number of para-hydroxylation sites is 1. The highest BCUT2D eigenvalue weighted by atomic mass is 16.3. The maximum Gasteiger partial charge on any atom is 0.256 e. The van der Waals surface area contributed by atoms with Gasteiger partial charge in [-0.15, -0.1) is 0 Å². The minimum atomic E-state index is -0.820. The lowest BCUT2D eigenvalue weighted by molar-refractivity contribution is 0.0449. The number of benzene rings is 1. The number of H-pyrrole nitrogens is 1. The summed E-state index contributed by atoms with van der Waals surface area (Å²) in [5.41, 5.74) is -0.330. The SMILES string of the molecule is O=C(NCC1(O)CCCC1)c1c[nH]c2ccccc2c1=O. The molecule has 1 aromatic heterocycles. The first kappa shape index (κ1) is 13.8. The standard InChI is InChI=1S/C16H18N2O3/c19-14-11-5-1-2-6-13(11)17-9-12(14)15(20)18-10-16(21)7-3-4-8-16/h1-2,5-6,9,21H,3-4,7-8,10H2,(H,17,19)(H,18,20). The fraction of sp³-hybridized carbons (Fsp3) is 0.375. The average Bonchev–Trinajstić information content (AvgIpc) is 2.93. The Hall–Kier alpha value is -2.14. The quantitative estimate of drug-likeness (QED) is 0.801. The second kappa shape index (κ2) is 5.33. The molecule has 0 unspecified atom stereocenters. The van der Waals surface area contributed by atoms with E-state index < -0.39 is 11.5 Å². The van der Waals surface area contributed by atoms with Gasteiger partial charge in [-0.3, -0.25) is 9.59 Å². The molecule has 5 heteroatoms. The van der Waals surface area contributed by atoms with Crippen LogP contribution in [0.3, 0.4) is 0 Å². The Balaban J connectivity index is 1.81. The van der Waals surface area contributed by atoms with Gasteiger partial charge in [0, 0.05) is 23.6 Å². The number of amides is 1. The molecule has 3 rings (SSSR count). The van der Waals surface area contributed by atoms with Crippen LogP contribution in [0.2, 0.25) is 0 Å². The van der Waals surface area contributed by atoms with Gasteiger partial charge >= 0.3 is 0 Å². The van der Waals surface area contributed by atoms with Crippen molar-refractivity contribution < 1.29 is 9.90 Å². The van der Waals surface area contributed by atoms with Crippen molar-refractivity contribution in [3.05, 3.63) is 46.2 Å². The number of aromatic nitrogens is 1. The maximum absolute atomic E-state index is 12.3. The van der Waals surface area contributed by atoms with E-state index in [0.717, 1.165) is 12.8 Å². The lowest BCUT2D eigenvalue weighted by Crippen LogP contribution is -2.42. The van der Waals surface area contributed by atoms with Crippen LogP contribution < -0.4 is 10.7 Å². The summed E-state index contributed by atoms with van der Waals surface area (Å²) in [7, 11) is 0. The van der Waals surface area contributed by atoms with E-state index in [0.29, 0.717) is 23.7 Å². The number of aliphatic hydroxyl groups is 1. The van der Waals surface area contributed by atoms with E-state index in [2.05, 4.69) is 10.3 Å². The number of carbonyl (C=O) groups is 1. The maximum atomic E-state index is 12.3.